The molecule has 0 fully saturated rings. The monoisotopic (exact) mass is 561 g/mol. The molecule has 3 aromatic rings. The third-order valence-corrected chi connectivity index (χ3v) is 7.61. The first kappa shape index (κ1) is 30.3. The van der Waals surface area contributed by atoms with Crippen molar-refractivity contribution in [2.45, 2.75) is 43.4 Å². The molecule has 0 aliphatic heterocycles. The second kappa shape index (κ2) is 13.7. The molecule has 0 bridgehead atoms. The van der Waals surface area contributed by atoms with E-state index in [2.05, 4.69) is 4.72 Å². The molecule has 3 aromatic carbocycles. The van der Waals surface area contributed by atoms with Gasteiger partial charge in [-0.25, -0.2) is 21.9 Å². The number of amides is 1. The molecule has 1 amide bonds. The normalized spacial score (nSPS) is 13.2. The van der Waals surface area contributed by atoms with Crippen LogP contribution in [-0.4, -0.2) is 61.3 Å². The number of hydrogen-bond acceptors (Lipinski definition) is 6. The predicted molar refractivity (Wildman–Crippen MR) is 143 cm³/mol. The molecule has 210 valence electrons. The average molecular weight is 562 g/mol. The number of nitrogens with two attached hydrogens (primary N) is 1. The van der Waals surface area contributed by atoms with E-state index in [0.717, 1.165) is 35.7 Å². The molecule has 0 aromatic heterocycles. The van der Waals surface area contributed by atoms with Crippen molar-refractivity contribution in [3.05, 3.63) is 101 Å². The Bertz CT molecular complexity index is 1370. The van der Waals surface area contributed by atoms with E-state index in [-0.39, 0.29) is 48.7 Å². The zero-order valence-electron chi connectivity index (χ0n) is 21.6. The van der Waals surface area contributed by atoms with Gasteiger partial charge in [0.1, 0.15) is 11.6 Å². The minimum absolute atomic E-state index is 0.0343. The number of sulfonamides is 1. The van der Waals surface area contributed by atoms with Crippen LogP contribution in [0.3, 0.4) is 0 Å². The van der Waals surface area contributed by atoms with Crippen LogP contribution in [0.25, 0.3) is 0 Å². The Morgan fingerprint density at radius 2 is 1.67 bits per heavy atom. The number of nitrogens with one attached hydrogen (secondary N) is 1. The first-order valence-electron chi connectivity index (χ1n) is 12.5. The standard InChI is InChI=1S/C28H33F2N3O5S/c1-2-19-5-3-6-20(11-19)17-33(18-27(35)26(31)14-21-12-23(29)16-24(30)13-21)28(36)22-7-4-8-25(15-22)39(37,38)32-9-10-34/h3-8,11-13,15-16,26-27,32,34-35H,2,9-10,14,17-18,31H2,1H3/t26-,27+/m0/s1. The molecule has 0 saturated carbocycles. The molecule has 0 saturated heterocycles. The molecule has 0 radical (unpaired) electrons. The molecule has 2 atom stereocenters. The largest absolute Gasteiger partial charge is 0.395 e. The van der Waals surface area contributed by atoms with Crippen LogP contribution < -0.4 is 10.5 Å². The molecule has 3 rings (SSSR count). The van der Waals surface area contributed by atoms with Crippen molar-refractivity contribution in [2.75, 3.05) is 19.7 Å². The third-order valence-electron chi connectivity index (χ3n) is 6.15. The number of halogens is 2. The third kappa shape index (κ3) is 8.64. The summed E-state index contributed by atoms with van der Waals surface area (Å²) in [5, 5.41) is 19.9. The van der Waals surface area contributed by atoms with Crippen LogP contribution in [-0.2, 0) is 29.4 Å². The first-order valence-corrected chi connectivity index (χ1v) is 14.0. The topological polar surface area (TPSA) is 133 Å². The number of nitrogens with zero attached hydrogens (tertiary/aromatic N) is 1. The fourth-order valence-electron chi connectivity index (χ4n) is 4.13. The summed E-state index contributed by atoms with van der Waals surface area (Å²) in [6.07, 6.45) is -0.513. The van der Waals surface area contributed by atoms with Gasteiger partial charge in [-0.15, -0.1) is 0 Å². The summed E-state index contributed by atoms with van der Waals surface area (Å²) in [6, 6.07) is 15.1. The highest BCUT2D eigenvalue weighted by Crippen LogP contribution is 2.18. The minimum atomic E-state index is -3.96. The second-order valence-corrected chi connectivity index (χ2v) is 11.0. The summed E-state index contributed by atoms with van der Waals surface area (Å²) in [4.78, 5) is 14.8. The van der Waals surface area contributed by atoms with Gasteiger partial charge < -0.3 is 20.8 Å². The number of aliphatic hydroxyl groups excluding tert-OH is 2. The molecule has 0 aliphatic carbocycles. The van der Waals surface area contributed by atoms with E-state index in [1.807, 2.05) is 31.2 Å². The van der Waals surface area contributed by atoms with Crippen molar-refractivity contribution in [1.82, 2.24) is 9.62 Å². The van der Waals surface area contributed by atoms with Crippen molar-refractivity contribution in [2.24, 2.45) is 5.73 Å². The summed E-state index contributed by atoms with van der Waals surface area (Å²) < 4.78 is 54.5. The number of rotatable bonds is 13. The Kier molecular flexibility index (Phi) is 10.7. The van der Waals surface area contributed by atoms with Crippen LogP contribution in [0.2, 0.25) is 0 Å². The van der Waals surface area contributed by atoms with E-state index >= 15 is 0 Å². The molecule has 0 spiro atoms. The van der Waals surface area contributed by atoms with Gasteiger partial charge in [0.25, 0.3) is 5.91 Å². The van der Waals surface area contributed by atoms with E-state index in [1.165, 1.54) is 29.2 Å². The van der Waals surface area contributed by atoms with Crippen LogP contribution in [0.1, 0.15) is 34.0 Å². The summed E-state index contributed by atoms with van der Waals surface area (Å²) in [7, 11) is -3.96. The van der Waals surface area contributed by atoms with Crippen LogP contribution >= 0.6 is 0 Å². The van der Waals surface area contributed by atoms with Gasteiger partial charge in [-0.3, -0.25) is 4.79 Å². The number of carbonyl (C=O) groups is 1. The molecule has 39 heavy (non-hydrogen) atoms. The van der Waals surface area contributed by atoms with Crippen molar-refractivity contribution >= 4 is 15.9 Å². The Labute approximate surface area is 227 Å². The van der Waals surface area contributed by atoms with E-state index < -0.39 is 39.7 Å². The molecule has 0 aliphatic rings. The number of benzene rings is 3. The van der Waals surface area contributed by atoms with Gasteiger partial charge in [-0.05, 0) is 59.9 Å². The Morgan fingerprint density at radius 1 is 1.00 bits per heavy atom. The van der Waals surface area contributed by atoms with Gasteiger partial charge in [0.2, 0.25) is 10.0 Å². The smallest absolute Gasteiger partial charge is 0.254 e. The number of aliphatic hydroxyl groups is 2. The number of carbonyl (C=O) groups excluding carboxylic acids is 1. The Balaban J connectivity index is 1.87. The van der Waals surface area contributed by atoms with Crippen LogP contribution in [0.5, 0.6) is 0 Å². The van der Waals surface area contributed by atoms with Crippen molar-refractivity contribution in [1.29, 1.82) is 0 Å². The zero-order chi connectivity index (χ0) is 28.6. The molecular weight excluding hydrogens is 528 g/mol. The maximum atomic E-state index is 13.6. The Morgan fingerprint density at radius 3 is 2.33 bits per heavy atom. The summed E-state index contributed by atoms with van der Waals surface area (Å²) in [5.41, 5.74) is 8.34. The van der Waals surface area contributed by atoms with E-state index in [9.17, 15) is 27.1 Å². The Hall–Kier alpha value is -3.22. The van der Waals surface area contributed by atoms with Crippen LogP contribution in [0.4, 0.5) is 8.78 Å². The molecule has 5 N–H and O–H groups in total. The quantitative estimate of drug-likeness (QED) is 0.253. The molecule has 0 unspecified atom stereocenters. The summed E-state index contributed by atoms with van der Waals surface area (Å²) >= 11 is 0. The van der Waals surface area contributed by atoms with E-state index in [1.54, 1.807) is 0 Å². The lowest BCUT2D eigenvalue weighted by molar-refractivity contribution is 0.0554. The van der Waals surface area contributed by atoms with E-state index in [0.29, 0.717) is 0 Å². The molecule has 11 heteroatoms. The fourth-order valence-corrected chi connectivity index (χ4v) is 5.19. The van der Waals surface area contributed by atoms with Crippen molar-refractivity contribution in [3.63, 3.8) is 0 Å². The van der Waals surface area contributed by atoms with Gasteiger partial charge in [0, 0.05) is 37.3 Å². The fraction of sp³-hybridized carbons (Fsp3) is 0.321. The first-order chi connectivity index (χ1) is 18.5. The van der Waals surface area contributed by atoms with Crippen LogP contribution in [0, 0.1) is 11.6 Å². The van der Waals surface area contributed by atoms with Gasteiger partial charge in [0.05, 0.1) is 17.6 Å². The van der Waals surface area contributed by atoms with Gasteiger partial charge >= 0.3 is 0 Å². The van der Waals surface area contributed by atoms with Crippen LogP contribution in [0.15, 0.2) is 71.6 Å². The van der Waals surface area contributed by atoms with E-state index in [4.69, 9.17) is 10.8 Å². The highest BCUT2D eigenvalue weighted by Gasteiger charge is 2.25. The number of aryl methyl sites for hydroxylation is 1. The molecule has 0 heterocycles. The minimum Gasteiger partial charge on any atom is -0.395 e. The van der Waals surface area contributed by atoms with Gasteiger partial charge in [-0.1, -0.05) is 37.3 Å². The lowest BCUT2D eigenvalue weighted by atomic mass is 10.0. The lowest BCUT2D eigenvalue weighted by Crippen LogP contribution is -2.46. The maximum Gasteiger partial charge on any atom is 0.254 e. The number of hydrogen-bond donors (Lipinski definition) is 4. The van der Waals surface area contributed by atoms with Crippen molar-refractivity contribution < 1.29 is 32.2 Å². The summed E-state index contributed by atoms with van der Waals surface area (Å²) in [6.45, 7) is 1.32. The van der Waals surface area contributed by atoms with Crippen molar-refractivity contribution in [3.8, 4) is 0 Å². The second-order valence-electron chi connectivity index (χ2n) is 9.22. The van der Waals surface area contributed by atoms with Gasteiger partial charge in [0.15, 0.2) is 0 Å². The zero-order valence-corrected chi connectivity index (χ0v) is 22.4. The highest BCUT2D eigenvalue weighted by atomic mass is 32.2. The lowest BCUT2D eigenvalue weighted by Gasteiger charge is -2.29. The SMILES string of the molecule is CCc1cccc(CN(C[C@@H](O)[C@@H](N)Cc2cc(F)cc(F)c2)C(=O)c2cccc(S(=O)(=O)NCCO)c2)c1. The van der Waals surface area contributed by atoms with Gasteiger partial charge in [-0.2, -0.15) is 0 Å². The molecular formula is C28H33F2N3O5S. The average Bonchev–Trinajstić information content (AvgIpc) is 2.90. The molecule has 8 nitrogen and oxygen atoms in total. The highest BCUT2D eigenvalue weighted by molar-refractivity contribution is 7.89. The maximum absolute atomic E-state index is 13.6. The summed E-state index contributed by atoms with van der Waals surface area (Å²) in [5.74, 6) is -2.07. The predicted octanol–water partition coefficient (Wildman–Crippen LogP) is 2.37.